The van der Waals surface area contributed by atoms with Gasteiger partial charge in [-0.1, -0.05) is 78.3 Å². The van der Waals surface area contributed by atoms with Crippen molar-refractivity contribution in [3.63, 3.8) is 0 Å². The number of nitrogens with zero attached hydrogens (tertiary/aromatic N) is 1. The first-order valence-electron chi connectivity index (χ1n) is 14.2. The molecular formula is C33H39ClN4O4. The third-order valence-electron chi connectivity index (χ3n) is 7.53. The van der Waals surface area contributed by atoms with Gasteiger partial charge in [0, 0.05) is 26.1 Å². The van der Waals surface area contributed by atoms with Gasteiger partial charge in [0.1, 0.15) is 11.0 Å². The Hall–Kier alpha value is -3.88. The van der Waals surface area contributed by atoms with Crippen LogP contribution in [0.15, 0.2) is 78.9 Å². The topological polar surface area (TPSA) is 114 Å². The van der Waals surface area contributed by atoms with Gasteiger partial charge in [0.25, 0.3) is 0 Å². The van der Waals surface area contributed by atoms with Crippen molar-refractivity contribution >= 4 is 35.2 Å². The number of carbonyl (C=O) groups is 3. The van der Waals surface area contributed by atoms with Gasteiger partial charge in [-0.3, -0.25) is 9.59 Å². The number of benzene rings is 3. The van der Waals surface area contributed by atoms with Crippen LogP contribution in [0.5, 0.6) is 0 Å². The molecular weight excluding hydrogens is 552 g/mol. The first-order valence-corrected chi connectivity index (χ1v) is 14.6. The van der Waals surface area contributed by atoms with E-state index in [1.165, 1.54) is 0 Å². The Bertz CT molecular complexity index is 1350. The minimum absolute atomic E-state index is 0.0425. The summed E-state index contributed by atoms with van der Waals surface area (Å²) in [6.07, 6.45) is 0.533. The van der Waals surface area contributed by atoms with Crippen LogP contribution in [0.25, 0.3) is 0 Å². The van der Waals surface area contributed by atoms with Crippen LogP contribution >= 0.6 is 11.6 Å². The van der Waals surface area contributed by atoms with Crippen molar-refractivity contribution in [3.8, 4) is 0 Å². The van der Waals surface area contributed by atoms with E-state index < -0.39 is 17.1 Å². The zero-order chi connectivity index (χ0) is 30.3. The van der Waals surface area contributed by atoms with Crippen molar-refractivity contribution in [2.24, 2.45) is 11.7 Å². The average Bonchev–Trinajstić information content (AvgIpc) is 3.42. The smallest absolute Gasteiger partial charge is 0.407 e. The monoisotopic (exact) mass is 590 g/mol. The second-order valence-electron chi connectivity index (χ2n) is 11.7. The number of hydrogen-bond acceptors (Lipinski definition) is 5. The molecule has 1 atom stereocenters. The molecule has 3 amide bonds. The molecule has 0 aromatic heterocycles. The summed E-state index contributed by atoms with van der Waals surface area (Å²) in [7, 11) is 0. The van der Waals surface area contributed by atoms with Gasteiger partial charge >= 0.3 is 6.09 Å². The van der Waals surface area contributed by atoms with Crippen molar-refractivity contribution in [2.45, 2.75) is 51.2 Å². The molecule has 0 bridgehead atoms. The molecule has 1 heterocycles. The third kappa shape index (κ3) is 7.49. The highest BCUT2D eigenvalue weighted by molar-refractivity contribution is 6.33. The van der Waals surface area contributed by atoms with Crippen molar-refractivity contribution in [2.75, 3.05) is 25.0 Å². The minimum Gasteiger partial charge on any atom is -0.444 e. The van der Waals surface area contributed by atoms with E-state index in [0.29, 0.717) is 23.8 Å². The quantitative estimate of drug-likeness (QED) is 0.289. The van der Waals surface area contributed by atoms with Crippen molar-refractivity contribution in [3.05, 3.63) is 101 Å². The number of carbonyl (C=O) groups excluding carboxylic acids is 3. The van der Waals surface area contributed by atoms with Crippen LogP contribution in [0.1, 0.15) is 50.3 Å². The Morgan fingerprint density at radius 3 is 2.14 bits per heavy atom. The predicted molar refractivity (Wildman–Crippen MR) is 165 cm³/mol. The van der Waals surface area contributed by atoms with E-state index in [1.54, 1.807) is 39.0 Å². The third-order valence-corrected chi connectivity index (χ3v) is 7.84. The molecule has 3 aromatic rings. The molecule has 3 aromatic carbocycles. The van der Waals surface area contributed by atoms with Crippen LogP contribution in [-0.4, -0.2) is 48.0 Å². The van der Waals surface area contributed by atoms with Gasteiger partial charge in [0.2, 0.25) is 11.8 Å². The Labute approximate surface area is 252 Å². The van der Waals surface area contributed by atoms with Gasteiger partial charge in [0.15, 0.2) is 0 Å². The summed E-state index contributed by atoms with van der Waals surface area (Å²) in [4.78, 5) is 40.2. The number of anilines is 1. The summed E-state index contributed by atoms with van der Waals surface area (Å²) < 4.78 is 5.25. The second-order valence-corrected chi connectivity index (χ2v) is 12.1. The Kier molecular flexibility index (Phi) is 9.91. The molecule has 4 rings (SSSR count). The molecule has 1 aliphatic rings. The number of rotatable bonds is 10. The van der Waals surface area contributed by atoms with Gasteiger partial charge in [-0.25, -0.2) is 4.79 Å². The van der Waals surface area contributed by atoms with Crippen molar-refractivity contribution in [1.82, 2.24) is 10.2 Å². The van der Waals surface area contributed by atoms with E-state index in [4.69, 9.17) is 22.1 Å². The van der Waals surface area contributed by atoms with E-state index in [9.17, 15) is 14.4 Å². The molecule has 8 nitrogen and oxygen atoms in total. The maximum Gasteiger partial charge on any atom is 0.407 e. The van der Waals surface area contributed by atoms with Gasteiger partial charge in [0.05, 0.1) is 10.7 Å². The lowest BCUT2D eigenvalue weighted by Crippen LogP contribution is -2.49. The van der Waals surface area contributed by atoms with E-state index in [0.717, 1.165) is 29.7 Å². The Balaban J connectivity index is 1.36. The molecule has 1 aliphatic heterocycles. The van der Waals surface area contributed by atoms with Gasteiger partial charge < -0.3 is 26.0 Å². The summed E-state index contributed by atoms with van der Waals surface area (Å²) in [5, 5.41) is 5.96. The van der Waals surface area contributed by atoms with Crippen LogP contribution in [0.3, 0.4) is 0 Å². The van der Waals surface area contributed by atoms with Crippen molar-refractivity contribution < 1.29 is 19.1 Å². The van der Waals surface area contributed by atoms with E-state index >= 15 is 0 Å². The lowest BCUT2D eigenvalue weighted by atomic mass is 9.64. The van der Waals surface area contributed by atoms with Crippen LogP contribution in [-0.2, 0) is 26.3 Å². The Morgan fingerprint density at radius 1 is 0.976 bits per heavy atom. The molecule has 1 unspecified atom stereocenters. The molecule has 1 saturated heterocycles. The molecule has 222 valence electrons. The number of nitrogens with two attached hydrogens (primary N) is 1. The number of hydrogen-bond donors (Lipinski definition) is 3. The largest absolute Gasteiger partial charge is 0.444 e. The number of nitrogens with one attached hydrogen (secondary N) is 2. The number of amides is 3. The lowest BCUT2D eigenvalue weighted by Gasteiger charge is -2.37. The normalized spacial score (nSPS) is 15.7. The molecule has 9 heteroatoms. The summed E-state index contributed by atoms with van der Waals surface area (Å²) in [6, 6.07) is 24.7. The molecule has 0 radical (unpaired) electrons. The number of primary amides is 1. The summed E-state index contributed by atoms with van der Waals surface area (Å²) in [6.45, 7) is 7.58. The first-order chi connectivity index (χ1) is 20.0. The molecule has 42 heavy (non-hydrogen) atoms. The van der Waals surface area contributed by atoms with Gasteiger partial charge in [-0.15, -0.1) is 0 Å². The number of alkyl carbamates (subject to hydrolysis) is 1. The number of ether oxygens (including phenoxy) is 1. The summed E-state index contributed by atoms with van der Waals surface area (Å²) in [5.74, 6) is -0.574. The molecule has 0 saturated carbocycles. The molecule has 0 spiro atoms. The van der Waals surface area contributed by atoms with Gasteiger partial charge in [-0.05, 0) is 68.5 Å². The zero-order valence-corrected chi connectivity index (χ0v) is 25.1. The first kappa shape index (κ1) is 31.1. The SMILES string of the molecule is CC(C)(C)OC(=O)NCc1ccc(NC(=O)CCN2CCC(C(C(N)=O)(c3ccccc3)c3ccccc3)C2)c(Cl)c1. The standard InChI is InChI=1S/C33H39ClN4O4/c1-32(2,3)42-31(41)36-21-23-14-15-28(27(34)20-23)37-29(39)17-19-38-18-16-26(22-38)33(30(35)40,24-10-6-4-7-11-24)25-12-8-5-9-13-25/h4-15,20,26H,16-19,21-22H2,1-3H3,(H2,35,40)(H,36,41)(H,37,39). The molecule has 1 fully saturated rings. The predicted octanol–water partition coefficient (Wildman–Crippen LogP) is 5.49. The highest BCUT2D eigenvalue weighted by Gasteiger charge is 2.49. The maximum absolute atomic E-state index is 13.3. The number of likely N-dealkylation sites (tertiary alicyclic amines) is 1. The number of halogens is 1. The van der Waals surface area contributed by atoms with Crippen molar-refractivity contribution in [1.29, 1.82) is 0 Å². The lowest BCUT2D eigenvalue weighted by molar-refractivity contribution is -0.124. The summed E-state index contributed by atoms with van der Waals surface area (Å²) >= 11 is 6.43. The van der Waals surface area contributed by atoms with Crippen LogP contribution in [0.2, 0.25) is 5.02 Å². The second kappa shape index (κ2) is 13.4. The van der Waals surface area contributed by atoms with Crippen LogP contribution in [0.4, 0.5) is 10.5 Å². The zero-order valence-electron chi connectivity index (χ0n) is 24.4. The molecule has 4 N–H and O–H groups in total. The van der Waals surface area contributed by atoms with Crippen LogP contribution in [0, 0.1) is 5.92 Å². The minimum atomic E-state index is -0.965. The highest BCUT2D eigenvalue weighted by Crippen LogP contribution is 2.43. The van der Waals surface area contributed by atoms with E-state index in [1.807, 2.05) is 60.7 Å². The highest BCUT2D eigenvalue weighted by atomic mass is 35.5. The van der Waals surface area contributed by atoms with E-state index in [2.05, 4.69) is 15.5 Å². The average molecular weight is 591 g/mol. The maximum atomic E-state index is 13.3. The summed E-state index contributed by atoms with van der Waals surface area (Å²) in [5.41, 5.74) is 7.69. The van der Waals surface area contributed by atoms with Crippen LogP contribution < -0.4 is 16.4 Å². The fourth-order valence-corrected chi connectivity index (χ4v) is 5.90. The Morgan fingerprint density at radius 2 is 1.60 bits per heavy atom. The fourth-order valence-electron chi connectivity index (χ4n) is 5.65. The van der Waals surface area contributed by atoms with E-state index in [-0.39, 0.29) is 30.7 Å². The molecule has 0 aliphatic carbocycles. The van der Waals surface area contributed by atoms with Gasteiger partial charge in [-0.2, -0.15) is 0 Å². The fraction of sp³-hybridized carbons (Fsp3) is 0.364.